The van der Waals surface area contributed by atoms with Crippen LogP contribution in [0.2, 0.25) is 0 Å². The second kappa shape index (κ2) is 4.97. The maximum absolute atomic E-state index is 12.0. The molecule has 5 nitrogen and oxygen atoms in total. The van der Waals surface area contributed by atoms with Gasteiger partial charge >= 0.3 is 5.69 Å². The van der Waals surface area contributed by atoms with Crippen molar-refractivity contribution in [1.29, 1.82) is 0 Å². The predicted molar refractivity (Wildman–Crippen MR) is 73.3 cm³/mol. The minimum absolute atomic E-state index is 0.154. The Hall–Kier alpha value is -1.21. The lowest BCUT2D eigenvalue weighted by atomic mass is 10.3. The first-order valence-corrected chi connectivity index (χ1v) is 6.15. The fourth-order valence-corrected chi connectivity index (χ4v) is 1.79. The molecule has 1 unspecified atom stereocenters. The maximum Gasteiger partial charge on any atom is 0.328 e. The highest BCUT2D eigenvalue weighted by Gasteiger charge is 2.10. The molecule has 0 amide bonds. The standard InChI is InChI=1S/C10H11N3O2S2/c14-9-8-7(2-1-3-11-8)12-10(15)13(9)4-6(17)5-16/h1-3,6,16-17H,4-5H2,(H,12,15). The lowest BCUT2D eigenvalue weighted by Crippen LogP contribution is -2.38. The molecule has 0 aliphatic heterocycles. The summed E-state index contributed by atoms with van der Waals surface area (Å²) in [6, 6.07) is 3.31. The summed E-state index contributed by atoms with van der Waals surface area (Å²) in [7, 11) is 0. The Labute approximate surface area is 108 Å². The molecule has 2 rings (SSSR count). The van der Waals surface area contributed by atoms with E-state index in [2.05, 4.69) is 35.2 Å². The lowest BCUT2D eigenvalue weighted by Gasteiger charge is -2.09. The zero-order chi connectivity index (χ0) is 12.4. The quantitative estimate of drug-likeness (QED) is 0.703. The molecule has 0 saturated heterocycles. The van der Waals surface area contributed by atoms with Gasteiger partial charge in [-0.05, 0) is 12.1 Å². The van der Waals surface area contributed by atoms with E-state index in [1.807, 2.05) is 0 Å². The number of nitrogens with one attached hydrogen (secondary N) is 1. The Morgan fingerprint density at radius 1 is 1.47 bits per heavy atom. The van der Waals surface area contributed by atoms with Crippen LogP contribution in [-0.4, -0.2) is 25.5 Å². The molecule has 0 spiro atoms. The molecule has 0 aliphatic rings. The summed E-state index contributed by atoms with van der Waals surface area (Å²) < 4.78 is 1.10. The van der Waals surface area contributed by atoms with E-state index in [4.69, 9.17) is 0 Å². The molecule has 1 N–H and O–H groups in total. The topological polar surface area (TPSA) is 67.8 Å². The third-order valence-electron chi connectivity index (χ3n) is 2.35. The van der Waals surface area contributed by atoms with Crippen LogP contribution in [0.4, 0.5) is 0 Å². The van der Waals surface area contributed by atoms with E-state index in [9.17, 15) is 9.59 Å². The molecule has 2 aromatic heterocycles. The first-order chi connectivity index (χ1) is 8.13. The van der Waals surface area contributed by atoms with Gasteiger partial charge in [-0.15, -0.1) is 0 Å². The lowest BCUT2D eigenvalue weighted by molar-refractivity contribution is 0.638. The van der Waals surface area contributed by atoms with Crippen LogP contribution in [0.3, 0.4) is 0 Å². The molecule has 17 heavy (non-hydrogen) atoms. The Morgan fingerprint density at radius 2 is 2.24 bits per heavy atom. The largest absolute Gasteiger partial charge is 0.328 e. The van der Waals surface area contributed by atoms with Crippen LogP contribution in [0.25, 0.3) is 11.0 Å². The average Bonchev–Trinajstić information content (AvgIpc) is 2.34. The van der Waals surface area contributed by atoms with Gasteiger partial charge in [0.15, 0.2) is 5.52 Å². The highest BCUT2D eigenvalue weighted by Crippen LogP contribution is 2.02. The van der Waals surface area contributed by atoms with Gasteiger partial charge in [0.1, 0.15) is 0 Å². The van der Waals surface area contributed by atoms with Crippen LogP contribution in [0.1, 0.15) is 0 Å². The first kappa shape index (κ1) is 12.3. The van der Waals surface area contributed by atoms with Crippen molar-refractivity contribution in [3.8, 4) is 0 Å². The van der Waals surface area contributed by atoms with Crippen molar-refractivity contribution in [3.63, 3.8) is 0 Å². The average molecular weight is 269 g/mol. The Morgan fingerprint density at radius 3 is 2.94 bits per heavy atom. The molecule has 2 aromatic rings. The highest BCUT2D eigenvalue weighted by molar-refractivity contribution is 7.84. The van der Waals surface area contributed by atoms with E-state index >= 15 is 0 Å². The van der Waals surface area contributed by atoms with Gasteiger partial charge in [-0.3, -0.25) is 9.36 Å². The fraction of sp³-hybridized carbons (Fsp3) is 0.300. The number of hydrogen-bond acceptors (Lipinski definition) is 5. The zero-order valence-corrected chi connectivity index (χ0v) is 10.6. The van der Waals surface area contributed by atoms with Gasteiger partial charge in [0.25, 0.3) is 5.56 Å². The summed E-state index contributed by atoms with van der Waals surface area (Å²) in [6.45, 7) is 0.216. The van der Waals surface area contributed by atoms with Gasteiger partial charge in [0.05, 0.1) is 5.52 Å². The summed E-state index contributed by atoms with van der Waals surface area (Å²) >= 11 is 8.29. The van der Waals surface area contributed by atoms with E-state index in [1.165, 1.54) is 6.20 Å². The molecule has 0 saturated carbocycles. The van der Waals surface area contributed by atoms with Crippen LogP contribution in [0.15, 0.2) is 27.9 Å². The number of pyridine rings is 1. The van der Waals surface area contributed by atoms with Gasteiger partial charge in [0.2, 0.25) is 0 Å². The molecule has 1 atom stereocenters. The first-order valence-electron chi connectivity index (χ1n) is 5.00. The molecule has 0 aliphatic carbocycles. The molecule has 0 bridgehead atoms. The van der Waals surface area contributed by atoms with E-state index in [0.717, 1.165) is 4.57 Å². The van der Waals surface area contributed by atoms with Crippen molar-refractivity contribution >= 4 is 36.3 Å². The molecule has 2 heterocycles. The van der Waals surface area contributed by atoms with Crippen molar-refractivity contribution in [2.75, 3.05) is 5.75 Å². The van der Waals surface area contributed by atoms with E-state index in [0.29, 0.717) is 11.3 Å². The number of aromatic nitrogens is 3. The number of thiol groups is 2. The Bertz CT molecular complexity index is 650. The van der Waals surface area contributed by atoms with E-state index < -0.39 is 11.2 Å². The van der Waals surface area contributed by atoms with E-state index in [1.54, 1.807) is 12.1 Å². The number of fused-ring (bicyclic) bond motifs is 1. The number of aromatic amines is 1. The monoisotopic (exact) mass is 269 g/mol. The third kappa shape index (κ3) is 2.39. The van der Waals surface area contributed by atoms with Crippen LogP contribution >= 0.6 is 25.3 Å². The van der Waals surface area contributed by atoms with Crippen molar-refractivity contribution in [2.24, 2.45) is 0 Å². The van der Waals surface area contributed by atoms with Gasteiger partial charge in [0, 0.05) is 23.7 Å². The van der Waals surface area contributed by atoms with Crippen LogP contribution < -0.4 is 11.2 Å². The van der Waals surface area contributed by atoms with Gasteiger partial charge < -0.3 is 4.98 Å². The minimum atomic E-state index is -0.448. The second-order valence-corrected chi connectivity index (χ2v) is 4.68. The number of hydrogen-bond donors (Lipinski definition) is 3. The minimum Gasteiger partial charge on any atom is -0.305 e. The van der Waals surface area contributed by atoms with Crippen molar-refractivity contribution in [1.82, 2.24) is 14.5 Å². The number of H-pyrrole nitrogens is 1. The molecule has 7 heteroatoms. The maximum atomic E-state index is 12.0. The van der Waals surface area contributed by atoms with Gasteiger partial charge in [-0.2, -0.15) is 25.3 Å². The van der Waals surface area contributed by atoms with Crippen molar-refractivity contribution in [3.05, 3.63) is 39.2 Å². The molecular weight excluding hydrogens is 258 g/mol. The normalized spacial score (nSPS) is 12.8. The number of rotatable bonds is 3. The van der Waals surface area contributed by atoms with Gasteiger partial charge in [-0.1, -0.05) is 0 Å². The second-order valence-electron chi connectivity index (χ2n) is 3.58. The molecule has 0 radical (unpaired) electrons. The summed E-state index contributed by atoms with van der Waals surface area (Å²) in [4.78, 5) is 30.3. The van der Waals surface area contributed by atoms with Crippen molar-refractivity contribution in [2.45, 2.75) is 11.8 Å². The van der Waals surface area contributed by atoms with Crippen molar-refractivity contribution < 1.29 is 0 Å². The fourth-order valence-electron chi connectivity index (χ4n) is 1.51. The van der Waals surface area contributed by atoms with Gasteiger partial charge in [-0.25, -0.2) is 9.78 Å². The van der Waals surface area contributed by atoms with Crippen LogP contribution in [0.5, 0.6) is 0 Å². The summed E-state index contributed by atoms with van der Waals surface area (Å²) in [5.74, 6) is 0.481. The summed E-state index contributed by atoms with van der Waals surface area (Å²) in [5.41, 5.74) is -0.145. The number of nitrogens with zero attached hydrogens (tertiary/aromatic N) is 2. The Balaban J connectivity index is 2.64. The van der Waals surface area contributed by atoms with E-state index in [-0.39, 0.29) is 17.3 Å². The molecule has 0 aromatic carbocycles. The van der Waals surface area contributed by atoms with Crippen LogP contribution in [0, 0.1) is 0 Å². The summed E-state index contributed by atoms with van der Waals surface area (Å²) in [5, 5.41) is -0.154. The third-order valence-corrected chi connectivity index (χ3v) is 3.42. The smallest absolute Gasteiger partial charge is 0.305 e. The molecule has 0 fully saturated rings. The predicted octanol–water partition coefficient (Wildman–Crippen LogP) is 0.313. The Kier molecular flexibility index (Phi) is 3.58. The molecular formula is C10H11N3O2S2. The zero-order valence-electron chi connectivity index (χ0n) is 8.83. The molecule has 90 valence electrons. The van der Waals surface area contributed by atoms with Crippen LogP contribution in [-0.2, 0) is 6.54 Å². The highest BCUT2D eigenvalue weighted by atomic mass is 32.1. The SMILES string of the molecule is O=c1[nH]c2cccnc2c(=O)n1CC(S)CS. The summed E-state index contributed by atoms with van der Waals surface area (Å²) in [6.07, 6.45) is 1.52.